The molecule has 2 aromatic carbocycles. The van der Waals surface area contributed by atoms with Gasteiger partial charge in [-0.2, -0.15) is 0 Å². The van der Waals surface area contributed by atoms with E-state index in [0.717, 1.165) is 22.7 Å². The molecule has 3 aromatic rings. The summed E-state index contributed by atoms with van der Waals surface area (Å²) in [6, 6.07) is 19.0. The summed E-state index contributed by atoms with van der Waals surface area (Å²) in [5, 5.41) is 9.30. The highest BCUT2D eigenvalue weighted by Crippen LogP contribution is 2.24. The Morgan fingerprint density at radius 2 is 1.70 bits per heavy atom. The second kappa shape index (κ2) is 7.38. The number of halogens is 1. The maximum atomic E-state index is 13.6. The quantitative estimate of drug-likeness (QED) is 0.608. The summed E-state index contributed by atoms with van der Waals surface area (Å²) in [6.45, 7) is 2.14. The van der Waals surface area contributed by atoms with E-state index in [-0.39, 0.29) is 5.82 Å². The van der Waals surface area contributed by atoms with Crippen LogP contribution in [0.25, 0.3) is 11.3 Å². The molecular weight excluding hydrogens is 307 g/mol. The average molecular weight is 324 g/mol. The lowest BCUT2D eigenvalue weighted by Gasteiger charge is -2.04. The molecule has 4 heteroatoms. The number of benzene rings is 2. The molecule has 0 unspecified atom stereocenters. The second-order valence-electron chi connectivity index (χ2n) is 5.19. The monoisotopic (exact) mass is 324 g/mol. The maximum absolute atomic E-state index is 13.6. The Bertz CT molecular complexity index is 770. The van der Waals surface area contributed by atoms with Crippen molar-refractivity contribution in [2.45, 2.75) is 24.1 Å². The molecule has 0 aliphatic heterocycles. The van der Waals surface area contributed by atoms with Crippen molar-refractivity contribution in [3.05, 3.63) is 77.6 Å². The number of thioether (sulfide) groups is 1. The minimum Gasteiger partial charge on any atom is -0.207 e. The van der Waals surface area contributed by atoms with E-state index in [1.807, 2.05) is 18.2 Å². The smallest absolute Gasteiger partial charge is 0.127 e. The molecule has 116 valence electrons. The Kier molecular flexibility index (Phi) is 5.03. The highest BCUT2D eigenvalue weighted by molar-refractivity contribution is 7.98. The van der Waals surface area contributed by atoms with E-state index in [4.69, 9.17) is 0 Å². The number of hydrogen-bond donors (Lipinski definition) is 0. The lowest BCUT2D eigenvalue weighted by atomic mass is 10.1. The van der Waals surface area contributed by atoms with Crippen molar-refractivity contribution in [1.82, 2.24) is 10.2 Å². The zero-order chi connectivity index (χ0) is 16.1. The van der Waals surface area contributed by atoms with Crippen LogP contribution in [-0.4, -0.2) is 10.2 Å². The van der Waals surface area contributed by atoms with Crippen LogP contribution >= 0.6 is 11.8 Å². The third-order valence-corrected chi connectivity index (χ3v) is 4.60. The van der Waals surface area contributed by atoms with Crippen LogP contribution in [0.4, 0.5) is 4.39 Å². The SMILES string of the molecule is CCc1ccc(-c2ccc(SCc3ccccc3F)nn2)cc1. The third kappa shape index (κ3) is 3.96. The summed E-state index contributed by atoms with van der Waals surface area (Å²) in [4.78, 5) is 0. The minimum atomic E-state index is -0.180. The molecule has 0 bridgehead atoms. The van der Waals surface area contributed by atoms with Crippen molar-refractivity contribution in [2.24, 2.45) is 0 Å². The maximum Gasteiger partial charge on any atom is 0.127 e. The van der Waals surface area contributed by atoms with Gasteiger partial charge in [0.05, 0.1) is 5.69 Å². The van der Waals surface area contributed by atoms with E-state index < -0.39 is 0 Å². The van der Waals surface area contributed by atoms with Gasteiger partial charge in [0, 0.05) is 11.3 Å². The standard InChI is InChI=1S/C19H17FN2S/c1-2-14-7-9-15(10-8-14)18-11-12-19(22-21-18)23-13-16-5-3-4-6-17(16)20/h3-12H,2,13H2,1H3. The first kappa shape index (κ1) is 15.7. The molecule has 0 saturated heterocycles. The first-order valence-corrected chi connectivity index (χ1v) is 8.54. The first-order chi connectivity index (χ1) is 11.3. The summed E-state index contributed by atoms with van der Waals surface area (Å²) >= 11 is 1.48. The van der Waals surface area contributed by atoms with Gasteiger partial charge in [-0.25, -0.2) is 4.39 Å². The van der Waals surface area contributed by atoms with Gasteiger partial charge < -0.3 is 0 Å². The zero-order valence-corrected chi connectivity index (χ0v) is 13.7. The second-order valence-corrected chi connectivity index (χ2v) is 6.18. The Morgan fingerprint density at radius 3 is 2.35 bits per heavy atom. The first-order valence-electron chi connectivity index (χ1n) is 7.55. The Morgan fingerprint density at radius 1 is 0.913 bits per heavy atom. The van der Waals surface area contributed by atoms with E-state index in [9.17, 15) is 4.39 Å². The van der Waals surface area contributed by atoms with Crippen LogP contribution in [0.1, 0.15) is 18.1 Å². The van der Waals surface area contributed by atoms with E-state index >= 15 is 0 Å². The van der Waals surface area contributed by atoms with Crippen LogP contribution in [0.15, 0.2) is 65.7 Å². The van der Waals surface area contributed by atoms with Crippen molar-refractivity contribution in [3.63, 3.8) is 0 Å². The topological polar surface area (TPSA) is 25.8 Å². The summed E-state index contributed by atoms with van der Waals surface area (Å²) in [5.41, 5.74) is 3.89. The molecule has 0 aliphatic carbocycles. The highest BCUT2D eigenvalue weighted by atomic mass is 32.2. The van der Waals surface area contributed by atoms with Crippen molar-refractivity contribution >= 4 is 11.8 Å². The molecular formula is C19H17FN2S. The molecule has 0 atom stereocenters. The van der Waals surface area contributed by atoms with Crippen LogP contribution in [0, 0.1) is 5.82 Å². The molecule has 0 aliphatic rings. The summed E-state index contributed by atoms with van der Waals surface area (Å²) in [5.74, 6) is 0.368. The zero-order valence-electron chi connectivity index (χ0n) is 12.9. The third-order valence-electron chi connectivity index (χ3n) is 3.63. The fraction of sp³-hybridized carbons (Fsp3) is 0.158. The largest absolute Gasteiger partial charge is 0.207 e. The van der Waals surface area contributed by atoms with Crippen LogP contribution < -0.4 is 0 Å². The Balaban J connectivity index is 1.68. The van der Waals surface area contributed by atoms with Crippen molar-refractivity contribution in [2.75, 3.05) is 0 Å². The van der Waals surface area contributed by atoms with Gasteiger partial charge in [0.2, 0.25) is 0 Å². The molecule has 3 rings (SSSR count). The van der Waals surface area contributed by atoms with Gasteiger partial charge in [0.25, 0.3) is 0 Å². The molecule has 23 heavy (non-hydrogen) atoms. The number of aryl methyl sites for hydroxylation is 1. The van der Waals surface area contributed by atoms with Gasteiger partial charge >= 0.3 is 0 Å². The van der Waals surface area contributed by atoms with E-state index in [1.165, 1.54) is 23.4 Å². The van der Waals surface area contributed by atoms with Gasteiger partial charge in [-0.15, -0.1) is 10.2 Å². The van der Waals surface area contributed by atoms with Gasteiger partial charge in [-0.05, 0) is 35.7 Å². The lowest BCUT2D eigenvalue weighted by molar-refractivity contribution is 0.617. The molecule has 2 nitrogen and oxygen atoms in total. The predicted molar refractivity (Wildman–Crippen MR) is 92.8 cm³/mol. The molecule has 0 spiro atoms. The number of rotatable bonds is 5. The van der Waals surface area contributed by atoms with Gasteiger partial charge in [0.15, 0.2) is 0 Å². The molecule has 1 heterocycles. The Hall–Kier alpha value is -2.20. The number of aromatic nitrogens is 2. The minimum absolute atomic E-state index is 0.180. The van der Waals surface area contributed by atoms with E-state index in [1.54, 1.807) is 12.1 Å². The number of nitrogens with zero attached hydrogens (tertiary/aromatic N) is 2. The van der Waals surface area contributed by atoms with E-state index in [2.05, 4.69) is 41.4 Å². The van der Waals surface area contributed by atoms with E-state index in [0.29, 0.717) is 11.3 Å². The molecule has 0 N–H and O–H groups in total. The predicted octanol–water partition coefficient (Wildman–Crippen LogP) is 5.14. The van der Waals surface area contributed by atoms with Crippen LogP contribution in [0.2, 0.25) is 0 Å². The molecule has 1 aromatic heterocycles. The summed E-state index contributed by atoms with van der Waals surface area (Å²) in [6.07, 6.45) is 1.03. The average Bonchev–Trinajstić information content (AvgIpc) is 2.62. The number of hydrogen-bond acceptors (Lipinski definition) is 3. The van der Waals surface area contributed by atoms with Crippen LogP contribution in [0.3, 0.4) is 0 Å². The fourth-order valence-corrected chi connectivity index (χ4v) is 3.03. The summed E-state index contributed by atoms with van der Waals surface area (Å²) < 4.78 is 13.6. The van der Waals surface area contributed by atoms with Gasteiger partial charge in [-0.1, -0.05) is 61.2 Å². The lowest BCUT2D eigenvalue weighted by Crippen LogP contribution is -1.91. The van der Waals surface area contributed by atoms with Crippen molar-refractivity contribution < 1.29 is 4.39 Å². The van der Waals surface area contributed by atoms with Crippen molar-refractivity contribution in [3.8, 4) is 11.3 Å². The highest BCUT2D eigenvalue weighted by Gasteiger charge is 2.05. The molecule has 0 fully saturated rings. The molecule has 0 radical (unpaired) electrons. The normalized spacial score (nSPS) is 10.7. The fourth-order valence-electron chi connectivity index (χ4n) is 2.23. The molecule has 0 amide bonds. The molecule has 0 saturated carbocycles. The summed E-state index contributed by atoms with van der Waals surface area (Å²) in [7, 11) is 0. The van der Waals surface area contributed by atoms with Gasteiger partial charge in [-0.3, -0.25) is 0 Å². The van der Waals surface area contributed by atoms with Gasteiger partial charge in [0.1, 0.15) is 10.8 Å². The van der Waals surface area contributed by atoms with Crippen LogP contribution in [0.5, 0.6) is 0 Å². The Labute approximate surface area is 139 Å². The van der Waals surface area contributed by atoms with Crippen LogP contribution in [-0.2, 0) is 12.2 Å². The van der Waals surface area contributed by atoms with Crippen molar-refractivity contribution in [1.29, 1.82) is 0 Å².